The Morgan fingerprint density at radius 3 is 2.52 bits per heavy atom. The van der Waals surface area contributed by atoms with Crippen molar-refractivity contribution in [1.82, 2.24) is 14.8 Å². The molecule has 2 aromatic heterocycles. The fraction of sp³-hybridized carbons (Fsp3) is 0.300. The van der Waals surface area contributed by atoms with Gasteiger partial charge >= 0.3 is 0 Å². The van der Waals surface area contributed by atoms with Gasteiger partial charge in [0.25, 0.3) is 0 Å². The largest absolute Gasteiger partial charge is 0.491 e. The Morgan fingerprint density at radius 1 is 1.17 bits per heavy atom. The molecule has 0 aliphatic rings. The zero-order valence-electron chi connectivity index (χ0n) is 16.7. The molecule has 29 heavy (non-hydrogen) atoms. The van der Waals surface area contributed by atoms with Crippen molar-refractivity contribution in [2.24, 2.45) is 0 Å². The number of benzene rings is 1. The normalized spacial score (nSPS) is 10.8. The summed E-state index contributed by atoms with van der Waals surface area (Å²) < 4.78 is 7.70. The van der Waals surface area contributed by atoms with Gasteiger partial charge in [0.15, 0.2) is 10.1 Å². The van der Waals surface area contributed by atoms with E-state index in [-0.39, 0.29) is 23.6 Å². The highest BCUT2D eigenvalue weighted by molar-refractivity contribution is 8.00. The van der Waals surface area contributed by atoms with Crippen molar-refractivity contribution >= 4 is 34.7 Å². The third-order valence-electron chi connectivity index (χ3n) is 4.07. The fourth-order valence-electron chi connectivity index (χ4n) is 2.89. The van der Waals surface area contributed by atoms with Crippen molar-refractivity contribution in [2.75, 3.05) is 12.4 Å². The topological polar surface area (TPSA) is 86.1 Å². The summed E-state index contributed by atoms with van der Waals surface area (Å²) in [5.41, 5.74) is 3.40. The fourth-order valence-corrected chi connectivity index (χ4v) is 4.70. The summed E-state index contributed by atoms with van der Waals surface area (Å²) in [4.78, 5) is 24.9. The van der Waals surface area contributed by atoms with Crippen molar-refractivity contribution in [1.29, 1.82) is 0 Å². The highest BCUT2D eigenvalue weighted by atomic mass is 32.2. The summed E-state index contributed by atoms with van der Waals surface area (Å²) in [5.74, 6) is 0.508. The number of carbonyl (C=O) groups excluding carboxylic acids is 1. The van der Waals surface area contributed by atoms with Crippen LogP contribution >= 0.6 is 23.1 Å². The third kappa shape index (κ3) is 5.68. The minimum atomic E-state index is -0.220. The van der Waals surface area contributed by atoms with Gasteiger partial charge in [-0.1, -0.05) is 29.2 Å². The van der Waals surface area contributed by atoms with Gasteiger partial charge in [-0.15, -0.1) is 10.2 Å². The third-order valence-corrected chi connectivity index (χ3v) is 6.08. The number of anilines is 1. The molecule has 0 unspecified atom stereocenters. The SMILES string of the molecule is COc1cn(CC(=O)Nc2cc(C)cc(C)c2)c(CSc2nnc(C)s2)cc1=O. The van der Waals surface area contributed by atoms with Crippen LogP contribution in [0.2, 0.25) is 0 Å². The van der Waals surface area contributed by atoms with Gasteiger partial charge in [0.2, 0.25) is 11.3 Å². The Bertz CT molecular complexity index is 1070. The summed E-state index contributed by atoms with van der Waals surface area (Å²) in [7, 11) is 1.44. The van der Waals surface area contributed by atoms with Gasteiger partial charge in [-0.2, -0.15) is 0 Å². The molecule has 0 aliphatic carbocycles. The van der Waals surface area contributed by atoms with E-state index in [1.165, 1.54) is 36.3 Å². The van der Waals surface area contributed by atoms with E-state index in [0.717, 1.165) is 26.2 Å². The lowest BCUT2D eigenvalue weighted by Crippen LogP contribution is -2.22. The maximum atomic E-state index is 12.6. The number of pyridine rings is 1. The molecule has 0 aliphatic heterocycles. The summed E-state index contributed by atoms with van der Waals surface area (Å²) >= 11 is 2.97. The van der Waals surface area contributed by atoms with Gasteiger partial charge in [-0.25, -0.2) is 0 Å². The molecule has 152 valence electrons. The molecule has 0 saturated heterocycles. The van der Waals surface area contributed by atoms with E-state index in [2.05, 4.69) is 15.5 Å². The predicted octanol–water partition coefficient (Wildman–Crippen LogP) is 3.56. The Labute approximate surface area is 177 Å². The number of nitrogens with zero attached hydrogens (tertiary/aromatic N) is 3. The summed E-state index contributed by atoms with van der Waals surface area (Å²) in [5, 5.41) is 11.9. The number of thioether (sulfide) groups is 1. The number of amides is 1. The average molecular weight is 431 g/mol. The Balaban J connectivity index is 1.80. The van der Waals surface area contributed by atoms with Crippen LogP contribution in [0, 0.1) is 20.8 Å². The molecule has 3 rings (SSSR count). The molecule has 0 fully saturated rings. The molecule has 7 nitrogen and oxygen atoms in total. The Hall–Kier alpha value is -2.65. The van der Waals surface area contributed by atoms with Crippen LogP contribution in [0.1, 0.15) is 21.8 Å². The number of hydrogen-bond donors (Lipinski definition) is 1. The minimum Gasteiger partial charge on any atom is -0.491 e. The molecular weight excluding hydrogens is 408 g/mol. The van der Waals surface area contributed by atoms with Crippen molar-refractivity contribution in [2.45, 2.75) is 37.4 Å². The van der Waals surface area contributed by atoms with Gasteiger partial charge in [0.05, 0.1) is 13.3 Å². The van der Waals surface area contributed by atoms with Crippen LogP contribution in [0.3, 0.4) is 0 Å². The molecular formula is C20H22N4O3S2. The summed E-state index contributed by atoms with van der Waals surface area (Å²) in [6.45, 7) is 5.93. The van der Waals surface area contributed by atoms with Gasteiger partial charge in [0, 0.05) is 23.2 Å². The zero-order chi connectivity index (χ0) is 21.0. The maximum Gasteiger partial charge on any atom is 0.244 e. The van der Waals surface area contributed by atoms with Gasteiger partial charge in [-0.05, 0) is 44.0 Å². The number of aryl methyl sites for hydroxylation is 3. The molecule has 0 spiro atoms. The highest BCUT2D eigenvalue weighted by Gasteiger charge is 2.13. The van der Waals surface area contributed by atoms with Crippen molar-refractivity contribution in [3.63, 3.8) is 0 Å². The second kappa shape index (κ2) is 9.23. The first-order valence-electron chi connectivity index (χ1n) is 8.92. The van der Waals surface area contributed by atoms with Crippen molar-refractivity contribution in [3.8, 4) is 5.75 Å². The first-order chi connectivity index (χ1) is 13.8. The first kappa shape index (κ1) is 21.1. The monoisotopic (exact) mass is 430 g/mol. The lowest BCUT2D eigenvalue weighted by molar-refractivity contribution is -0.116. The van der Waals surface area contributed by atoms with Gasteiger partial charge < -0.3 is 14.6 Å². The molecule has 2 heterocycles. The maximum absolute atomic E-state index is 12.6. The highest BCUT2D eigenvalue weighted by Crippen LogP contribution is 2.25. The van der Waals surface area contributed by atoms with Crippen molar-refractivity contribution in [3.05, 3.63) is 62.5 Å². The van der Waals surface area contributed by atoms with Crippen molar-refractivity contribution < 1.29 is 9.53 Å². The molecule has 0 bridgehead atoms. The average Bonchev–Trinajstić information content (AvgIpc) is 3.06. The molecule has 9 heteroatoms. The lowest BCUT2D eigenvalue weighted by atomic mass is 10.1. The van der Waals surface area contributed by atoms with E-state index in [1.54, 1.807) is 10.8 Å². The van der Waals surface area contributed by atoms with E-state index >= 15 is 0 Å². The molecule has 1 amide bonds. The molecule has 3 aromatic rings. The molecule has 1 N–H and O–H groups in total. The Kier molecular flexibility index (Phi) is 6.71. The summed E-state index contributed by atoms with van der Waals surface area (Å²) in [6, 6.07) is 7.40. The van der Waals surface area contributed by atoms with Crippen LogP contribution in [-0.4, -0.2) is 27.8 Å². The number of methoxy groups -OCH3 is 1. The number of ether oxygens (including phenoxy) is 1. The molecule has 1 aromatic carbocycles. The number of rotatable bonds is 7. The van der Waals surface area contributed by atoms with E-state index in [1.807, 2.05) is 39.0 Å². The quantitative estimate of drug-likeness (QED) is 0.577. The van der Waals surface area contributed by atoms with Gasteiger partial charge in [0.1, 0.15) is 11.6 Å². The van der Waals surface area contributed by atoms with Crippen LogP contribution in [0.4, 0.5) is 5.69 Å². The second-order valence-corrected chi connectivity index (χ2v) is 9.03. The Morgan fingerprint density at radius 2 is 1.90 bits per heavy atom. The number of hydrogen-bond acceptors (Lipinski definition) is 7. The molecule has 0 atom stereocenters. The predicted molar refractivity (Wildman–Crippen MR) is 116 cm³/mol. The van der Waals surface area contributed by atoms with Crippen LogP contribution < -0.4 is 15.5 Å². The standard InChI is InChI=1S/C20H22N4O3S2/c1-12-5-13(2)7-15(6-12)21-19(26)10-24-9-18(27-4)17(25)8-16(24)11-28-20-23-22-14(3)29-20/h5-9H,10-11H2,1-4H3,(H,21,26). The lowest BCUT2D eigenvalue weighted by Gasteiger charge is -2.15. The summed E-state index contributed by atoms with van der Waals surface area (Å²) in [6.07, 6.45) is 1.57. The minimum absolute atomic E-state index is 0.0642. The van der Waals surface area contributed by atoms with Crippen LogP contribution in [0.15, 0.2) is 39.6 Å². The second-order valence-electron chi connectivity index (χ2n) is 6.63. The zero-order valence-corrected chi connectivity index (χ0v) is 18.3. The van der Waals surface area contributed by atoms with E-state index in [0.29, 0.717) is 11.4 Å². The van der Waals surface area contributed by atoms with Gasteiger partial charge in [-0.3, -0.25) is 9.59 Å². The number of carbonyl (C=O) groups is 1. The van der Waals surface area contributed by atoms with E-state index in [4.69, 9.17) is 4.74 Å². The van der Waals surface area contributed by atoms with E-state index < -0.39 is 0 Å². The number of nitrogens with one attached hydrogen (secondary N) is 1. The van der Waals surface area contributed by atoms with Crippen LogP contribution in [-0.2, 0) is 17.1 Å². The number of aromatic nitrogens is 3. The molecule has 0 radical (unpaired) electrons. The smallest absolute Gasteiger partial charge is 0.244 e. The first-order valence-corrected chi connectivity index (χ1v) is 10.7. The van der Waals surface area contributed by atoms with E-state index in [9.17, 15) is 9.59 Å². The molecule has 0 saturated carbocycles. The van der Waals surface area contributed by atoms with Crippen LogP contribution in [0.25, 0.3) is 0 Å². The van der Waals surface area contributed by atoms with Crippen LogP contribution in [0.5, 0.6) is 5.75 Å².